The zero-order valence-electron chi connectivity index (χ0n) is 19.5. The molecule has 1 unspecified atom stereocenters. The molecule has 4 aliphatic heterocycles. The van der Waals surface area contributed by atoms with Crippen LogP contribution in [0.5, 0.6) is 0 Å². The lowest BCUT2D eigenvalue weighted by atomic mass is 9.62. The van der Waals surface area contributed by atoms with E-state index in [4.69, 9.17) is 0 Å². The van der Waals surface area contributed by atoms with Crippen LogP contribution in [0.4, 0.5) is 0 Å². The van der Waals surface area contributed by atoms with Gasteiger partial charge in [-0.1, -0.05) is 25.1 Å². The SMILES string of the molecule is CC[C@]1(c2cccc(-c3cnn4c3CCCC4)c2)C2=CN=NC2NC2=C1C(=O)NC(C)(C)C2. The maximum atomic E-state index is 13.6. The van der Waals surface area contributed by atoms with Crippen LogP contribution in [-0.4, -0.2) is 27.4 Å². The van der Waals surface area contributed by atoms with Gasteiger partial charge in [-0.2, -0.15) is 15.3 Å². The van der Waals surface area contributed by atoms with Gasteiger partial charge in [-0.25, -0.2) is 0 Å². The normalized spacial score (nSPS) is 27.3. The Kier molecular flexibility index (Phi) is 4.41. The molecule has 1 amide bonds. The molecule has 0 saturated heterocycles. The van der Waals surface area contributed by atoms with Crippen molar-refractivity contribution in [2.75, 3.05) is 0 Å². The lowest BCUT2D eigenvalue weighted by molar-refractivity contribution is -0.120. The Bertz CT molecular complexity index is 1250. The van der Waals surface area contributed by atoms with Crippen molar-refractivity contribution >= 4 is 5.91 Å². The minimum atomic E-state index is -0.571. The summed E-state index contributed by atoms with van der Waals surface area (Å²) < 4.78 is 2.15. The van der Waals surface area contributed by atoms with Crippen molar-refractivity contribution in [3.63, 3.8) is 0 Å². The predicted octanol–water partition coefficient (Wildman–Crippen LogP) is 4.37. The van der Waals surface area contributed by atoms with Gasteiger partial charge in [0.1, 0.15) is 0 Å². The van der Waals surface area contributed by atoms with Crippen LogP contribution in [0.2, 0.25) is 0 Å². The van der Waals surface area contributed by atoms with E-state index in [1.54, 1.807) is 0 Å². The van der Waals surface area contributed by atoms with E-state index in [9.17, 15) is 4.79 Å². The van der Waals surface area contributed by atoms with Gasteiger partial charge >= 0.3 is 0 Å². The predicted molar refractivity (Wildman–Crippen MR) is 126 cm³/mol. The van der Waals surface area contributed by atoms with E-state index in [1.807, 2.05) is 12.4 Å². The second-order valence-corrected chi connectivity index (χ2v) is 10.3. The number of benzene rings is 1. The minimum absolute atomic E-state index is 0.00448. The van der Waals surface area contributed by atoms with Gasteiger partial charge in [0, 0.05) is 41.0 Å². The van der Waals surface area contributed by atoms with Gasteiger partial charge in [0.25, 0.3) is 5.91 Å². The van der Waals surface area contributed by atoms with Gasteiger partial charge in [0.05, 0.1) is 23.4 Å². The molecular weight excluding hydrogens is 412 g/mol. The highest BCUT2D eigenvalue weighted by Gasteiger charge is 2.53. The zero-order valence-corrected chi connectivity index (χ0v) is 19.5. The first kappa shape index (κ1) is 20.4. The number of nitrogens with zero attached hydrogens (tertiary/aromatic N) is 4. The van der Waals surface area contributed by atoms with Gasteiger partial charge in [-0.15, -0.1) is 0 Å². The Labute approximate surface area is 194 Å². The first-order valence-corrected chi connectivity index (χ1v) is 12.0. The van der Waals surface area contributed by atoms with E-state index in [-0.39, 0.29) is 17.6 Å². The molecular formula is C26H30N6O. The summed E-state index contributed by atoms with van der Waals surface area (Å²) in [5.41, 5.74) is 6.76. The van der Waals surface area contributed by atoms with E-state index in [1.165, 1.54) is 24.1 Å². The molecule has 2 aromatic rings. The number of hydrogen-bond acceptors (Lipinski definition) is 5. The van der Waals surface area contributed by atoms with Gasteiger partial charge in [0.2, 0.25) is 0 Å². The molecule has 7 heteroatoms. The summed E-state index contributed by atoms with van der Waals surface area (Å²) in [6.45, 7) is 7.28. The van der Waals surface area contributed by atoms with Crippen LogP contribution in [0.3, 0.4) is 0 Å². The van der Waals surface area contributed by atoms with Crippen LogP contribution in [0.1, 0.15) is 57.7 Å². The number of azo groups is 1. The number of fused-ring (bicyclic) bond motifs is 2. The molecule has 33 heavy (non-hydrogen) atoms. The molecule has 0 bridgehead atoms. The number of aromatic nitrogens is 2. The third kappa shape index (κ3) is 2.94. The number of aryl methyl sites for hydroxylation is 1. The van der Waals surface area contributed by atoms with Crippen molar-refractivity contribution in [1.29, 1.82) is 0 Å². The monoisotopic (exact) mass is 442 g/mol. The molecule has 170 valence electrons. The van der Waals surface area contributed by atoms with Crippen molar-refractivity contribution in [3.8, 4) is 11.1 Å². The Morgan fingerprint density at radius 2 is 2.12 bits per heavy atom. The van der Waals surface area contributed by atoms with Gasteiger partial charge in [-0.3, -0.25) is 9.48 Å². The van der Waals surface area contributed by atoms with E-state index < -0.39 is 5.41 Å². The highest BCUT2D eigenvalue weighted by molar-refractivity contribution is 6.00. The Hall–Kier alpha value is -3.22. The number of carbonyl (C=O) groups is 1. The first-order valence-electron chi connectivity index (χ1n) is 12.0. The number of carbonyl (C=O) groups excluding carboxylic acids is 1. The van der Waals surface area contributed by atoms with Crippen molar-refractivity contribution < 1.29 is 4.79 Å². The Morgan fingerprint density at radius 1 is 1.24 bits per heavy atom. The zero-order chi connectivity index (χ0) is 22.8. The summed E-state index contributed by atoms with van der Waals surface area (Å²) in [6, 6.07) is 8.69. The quantitative estimate of drug-likeness (QED) is 0.741. The van der Waals surface area contributed by atoms with E-state index in [2.05, 4.69) is 75.7 Å². The van der Waals surface area contributed by atoms with Crippen LogP contribution in [-0.2, 0) is 23.2 Å². The Balaban J connectivity index is 1.54. The Morgan fingerprint density at radius 3 is 2.97 bits per heavy atom. The third-order valence-corrected chi connectivity index (χ3v) is 7.68. The molecule has 0 saturated carbocycles. The molecule has 6 rings (SSSR count). The van der Waals surface area contributed by atoms with Gasteiger partial charge in [0.15, 0.2) is 6.17 Å². The van der Waals surface area contributed by atoms with E-state index in [0.717, 1.165) is 53.8 Å². The van der Waals surface area contributed by atoms with Crippen molar-refractivity contribution in [2.24, 2.45) is 10.2 Å². The average Bonchev–Trinajstić information content (AvgIpc) is 3.44. The summed E-state index contributed by atoms with van der Waals surface area (Å²) in [4.78, 5) is 13.6. The molecule has 1 aromatic heterocycles. The van der Waals surface area contributed by atoms with Gasteiger partial charge in [-0.05, 0) is 56.7 Å². The molecule has 0 fully saturated rings. The molecule has 0 radical (unpaired) electrons. The van der Waals surface area contributed by atoms with Crippen molar-refractivity contribution in [2.45, 2.75) is 76.5 Å². The van der Waals surface area contributed by atoms with Crippen LogP contribution < -0.4 is 10.6 Å². The standard InChI is InChI=1S/C26H30N6O/c1-4-26(17-9-7-8-16(12-17)18-14-28-32-11-6-5-10-21(18)32)19-15-27-31-23(19)29-20-13-25(2,3)30-24(33)22(20)26/h7-9,12,14-15,23,29H,4-6,10-11,13H2,1-3H3,(H,30,33)/t23?,26-/m0/s1. The molecule has 1 aromatic carbocycles. The number of hydrogen-bond donors (Lipinski definition) is 2. The molecule has 4 aliphatic rings. The number of rotatable bonds is 3. The summed E-state index contributed by atoms with van der Waals surface area (Å²) in [7, 11) is 0. The summed E-state index contributed by atoms with van der Waals surface area (Å²) >= 11 is 0. The number of amides is 1. The largest absolute Gasteiger partial charge is 0.362 e. The van der Waals surface area contributed by atoms with Crippen molar-refractivity contribution in [1.82, 2.24) is 20.4 Å². The fraction of sp³-hybridized carbons (Fsp3) is 0.462. The second-order valence-electron chi connectivity index (χ2n) is 10.3. The summed E-state index contributed by atoms with van der Waals surface area (Å²) in [5.74, 6) is -0.00448. The minimum Gasteiger partial charge on any atom is -0.362 e. The molecule has 0 spiro atoms. The van der Waals surface area contributed by atoms with Crippen LogP contribution in [0, 0.1) is 0 Å². The van der Waals surface area contributed by atoms with E-state index >= 15 is 0 Å². The summed E-state index contributed by atoms with van der Waals surface area (Å²) in [5, 5.41) is 20.1. The smallest absolute Gasteiger partial charge is 0.250 e. The lowest BCUT2D eigenvalue weighted by Crippen LogP contribution is -2.58. The third-order valence-electron chi connectivity index (χ3n) is 7.68. The topological polar surface area (TPSA) is 83.7 Å². The lowest BCUT2D eigenvalue weighted by Gasteiger charge is -2.48. The fourth-order valence-corrected chi connectivity index (χ4v) is 6.22. The average molecular weight is 443 g/mol. The van der Waals surface area contributed by atoms with Gasteiger partial charge < -0.3 is 10.6 Å². The summed E-state index contributed by atoms with van der Waals surface area (Å²) in [6.07, 6.45) is 8.57. The molecule has 0 aliphatic carbocycles. The molecule has 2 atom stereocenters. The van der Waals surface area contributed by atoms with Crippen LogP contribution in [0.25, 0.3) is 11.1 Å². The first-order chi connectivity index (χ1) is 15.9. The van der Waals surface area contributed by atoms with Crippen molar-refractivity contribution in [3.05, 3.63) is 64.8 Å². The number of nitrogens with one attached hydrogen (secondary N) is 2. The van der Waals surface area contributed by atoms with E-state index in [0.29, 0.717) is 0 Å². The maximum absolute atomic E-state index is 13.6. The van der Waals surface area contributed by atoms with Crippen LogP contribution in [0.15, 0.2) is 63.7 Å². The molecule has 2 N–H and O–H groups in total. The van der Waals surface area contributed by atoms with Crippen LogP contribution >= 0.6 is 0 Å². The molecule has 7 nitrogen and oxygen atoms in total. The highest BCUT2D eigenvalue weighted by atomic mass is 16.2. The second kappa shape index (κ2) is 7.14. The maximum Gasteiger partial charge on any atom is 0.250 e. The highest BCUT2D eigenvalue weighted by Crippen LogP contribution is 2.51. The fourth-order valence-electron chi connectivity index (χ4n) is 6.22. The molecule has 5 heterocycles.